The summed E-state index contributed by atoms with van der Waals surface area (Å²) in [5.41, 5.74) is 13.8. The summed E-state index contributed by atoms with van der Waals surface area (Å²) in [6.45, 7) is 0. The van der Waals surface area contributed by atoms with E-state index < -0.39 is 0 Å². The third-order valence-electron chi connectivity index (χ3n) is 14.9. The van der Waals surface area contributed by atoms with Crippen molar-refractivity contribution in [2.45, 2.75) is 0 Å². The van der Waals surface area contributed by atoms with E-state index >= 15 is 0 Å². The average Bonchev–Trinajstić information content (AvgIpc) is 4.01. The molecule has 3 aromatic heterocycles. The Balaban J connectivity index is 1.11. The molecule has 5 nitrogen and oxygen atoms in total. The lowest BCUT2D eigenvalue weighted by molar-refractivity contribution is 0.954. The third-order valence-corrected chi connectivity index (χ3v) is 14.9. The summed E-state index contributed by atoms with van der Waals surface area (Å²) in [6.07, 6.45) is 0. The first kappa shape index (κ1) is 41.8. The number of rotatable bonds is 7. The van der Waals surface area contributed by atoms with E-state index in [1.165, 1.54) is 32.3 Å². The highest BCUT2D eigenvalue weighted by atomic mass is 15.2. The van der Waals surface area contributed by atoms with Crippen LogP contribution >= 0.6 is 0 Å². The summed E-state index contributed by atoms with van der Waals surface area (Å²) in [7, 11) is 0. The molecule has 0 amide bonds. The van der Waals surface area contributed by atoms with Crippen LogP contribution in [0.4, 0.5) is 0 Å². The second kappa shape index (κ2) is 16.8. The molecule has 0 bridgehead atoms. The van der Waals surface area contributed by atoms with Crippen LogP contribution in [0.2, 0.25) is 0 Å². The van der Waals surface area contributed by atoms with Crippen molar-refractivity contribution in [2.24, 2.45) is 0 Å². The van der Waals surface area contributed by atoms with Crippen LogP contribution in [-0.4, -0.2) is 24.1 Å². The lowest BCUT2D eigenvalue weighted by Gasteiger charge is -2.21. The monoisotopic (exact) mass is 941 g/mol. The molecule has 0 aliphatic heterocycles. The summed E-state index contributed by atoms with van der Waals surface area (Å²) >= 11 is 0. The van der Waals surface area contributed by atoms with Gasteiger partial charge in [0.1, 0.15) is 0 Å². The van der Waals surface area contributed by atoms with Crippen LogP contribution in [0.3, 0.4) is 0 Å². The van der Waals surface area contributed by atoms with Crippen LogP contribution in [0.1, 0.15) is 0 Å². The summed E-state index contributed by atoms with van der Waals surface area (Å²) in [5.74, 6) is 1.73. The molecule has 0 spiro atoms. The maximum atomic E-state index is 5.67. The van der Waals surface area contributed by atoms with Gasteiger partial charge in [-0.25, -0.2) is 4.98 Å². The van der Waals surface area contributed by atoms with Gasteiger partial charge in [0, 0.05) is 38.1 Å². The van der Waals surface area contributed by atoms with Crippen molar-refractivity contribution in [3.05, 3.63) is 261 Å². The van der Waals surface area contributed by atoms with Crippen LogP contribution in [0.5, 0.6) is 0 Å². The summed E-state index contributed by atoms with van der Waals surface area (Å²) < 4.78 is 4.71. The van der Waals surface area contributed by atoms with Crippen LogP contribution in [0.25, 0.3) is 144 Å². The van der Waals surface area contributed by atoms with Crippen molar-refractivity contribution < 1.29 is 0 Å². The van der Waals surface area contributed by atoms with Crippen molar-refractivity contribution in [2.75, 3.05) is 0 Å². The molecule has 344 valence electrons. The Morgan fingerprint density at radius 3 is 1.28 bits per heavy atom. The van der Waals surface area contributed by atoms with Gasteiger partial charge in [-0.05, 0) is 109 Å². The van der Waals surface area contributed by atoms with E-state index in [2.05, 4.69) is 252 Å². The first-order valence-electron chi connectivity index (χ1n) is 25.2. The third kappa shape index (κ3) is 6.68. The van der Waals surface area contributed by atoms with Gasteiger partial charge in [-0.2, -0.15) is 9.97 Å². The highest BCUT2D eigenvalue weighted by molar-refractivity contribution is 6.19. The van der Waals surface area contributed by atoms with Gasteiger partial charge in [-0.1, -0.05) is 212 Å². The molecule has 5 heteroatoms. The van der Waals surface area contributed by atoms with Crippen LogP contribution in [0, 0.1) is 0 Å². The quantitative estimate of drug-likeness (QED) is 0.160. The Kier molecular flexibility index (Phi) is 9.50. The average molecular weight is 942 g/mol. The molecule has 0 radical (unpaired) electrons. The summed E-state index contributed by atoms with van der Waals surface area (Å²) in [5, 5.41) is 11.6. The molecule has 0 saturated carbocycles. The maximum absolute atomic E-state index is 5.67. The van der Waals surface area contributed by atoms with Crippen molar-refractivity contribution in [1.29, 1.82) is 0 Å². The highest BCUT2D eigenvalue weighted by Gasteiger charge is 2.25. The molecule has 3 heterocycles. The van der Waals surface area contributed by atoms with E-state index in [9.17, 15) is 0 Å². The summed E-state index contributed by atoms with van der Waals surface area (Å²) in [6, 6.07) is 93.9. The lowest BCUT2D eigenvalue weighted by atomic mass is 9.88. The molecule has 74 heavy (non-hydrogen) atoms. The molecule has 0 aliphatic carbocycles. The van der Waals surface area contributed by atoms with E-state index in [1.807, 2.05) is 18.2 Å². The smallest absolute Gasteiger partial charge is 0.238 e. The molecule has 15 rings (SSSR count). The van der Waals surface area contributed by atoms with E-state index in [-0.39, 0.29) is 0 Å². The van der Waals surface area contributed by atoms with Gasteiger partial charge < -0.3 is 4.57 Å². The molecule has 0 saturated heterocycles. The Labute approximate surface area is 426 Å². The number of aromatic nitrogens is 5. The number of hydrogen-bond donors (Lipinski definition) is 0. The predicted octanol–water partition coefficient (Wildman–Crippen LogP) is 17.9. The fourth-order valence-electron chi connectivity index (χ4n) is 11.5. The van der Waals surface area contributed by atoms with Crippen molar-refractivity contribution in [1.82, 2.24) is 24.1 Å². The Morgan fingerprint density at radius 1 is 0.243 bits per heavy atom. The molecule has 0 aliphatic rings. The molecular weight excluding hydrogens is 899 g/mol. The van der Waals surface area contributed by atoms with Gasteiger partial charge >= 0.3 is 0 Å². The Bertz CT molecular complexity index is 4560. The zero-order valence-electron chi connectivity index (χ0n) is 40.1. The minimum Gasteiger partial charge on any atom is -0.309 e. The highest BCUT2D eigenvalue weighted by Crippen LogP contribution is 2.46. The topological polar surface area (TPSA) is 48.5 Å². The number of benzene rings is 12. The normalized spacial score (nSPS) is 11.8. The van der Waals surface area contributed by atoms with Crippen molar-refractivity contribution >= 4 is 75.9 Å². The van der Waals surface area contributed by atoms with Crippen molar-refractivity contribution in [3.63, 3.8) is 0 Å². The molecule has 0 N–H and O–H groups in total. The van der Waals surface area contributed by atoms with E-state index in [1.54, 1.807) is 0 Å². The fraction of sp³-hybridized carbons (Fsp3) is 0. The molecule has 12 aromatic carbocycles. The van der Waals surface area contributed by atoms with Gasteiger partial charge in [-0.3, -0.25) is 4.57 Å². The van der Waals surface area contributed by atoms with Gasteiger partial charge in [0.25, 0.3) is 0 Å². The minimum absolute atomic E-state index is 0.550. The SMILES string of the molecule is c1ccc(-c2nc(-c3c(-c4ccccc4)cc(-n4c5cc6ccccc6cc5c5cc6ccccc6cc54)c4ccc(-c5ccccc5-c5ccccc5)cc34)nc(-n3c4ccccc4c4ccccc43)n2)cc1. The van der Waals surface area contributed by atoms with E-state index in [0.717, 1.165) is 93.8 Å². The molecule has 0 atom stereocenters. The number of para-hydroxylation sites is 2. The van der Waals surface area contributed by atoms with Gasteiger partial charge in [0.15, 0.2) is 11.6 Å². The molecular formula is C69H43N5. The van der Waals surface area contributed by atoms with Gasteiger partial charge in [0.05, 0.1) is 27.8 Å². The predicted molar refractivity (Wildman–Crippen MR) is 308 cm³/mol. The van der Waals surface area contributed by atoms with Crippen LogP contribution < -0.4 is 0 Å². The standard InChI is InChI=1S/C69H43N5/c1-4-20-44(21-5-1)52-30-14-15-31-53(52)51-36-37-56-60(40-51)66(68-70-67(46-24-8-3-9-25-46)71-69(72-68)74-61-34-18-16-32-54(61)55-33-17-19-35-62(55)74)57(45-22-6-2-7-23-45)43-65(56)73-63-41-49-28-12-10-26-47(49)38-58(63)59-39-48-27-11-13-29-50(48)42-64(59)73/h1-43H. The fourth-order valence-corrected chi connectivity index (χ4v) is 11.5. The first-order chi connectivity index (χ1) is 36.7. The zero-order valence-corrected chi connectivity index (χ0v) is 40.1. The van der Waals surface area contributed by atoms with Gasteiger partial charge in [0.2, 0.25) is 5.95 Å². The Morgan fingerprint density at radius 2 is 0.703 bits per heavy atom. The largest absolute Gasteiger partial charge is 0.309 e. The Hall–Kier alpha value is -9.97. The van der Waals surface area contributed by atoms with E-state index in [0.29, 0.717) is 17.6 Å². The number of hydrogen-bond acceptors (Lipinski definition) is 3. The zero-order chi connectivity index (χ0) is 48.7. The van der Waals surface area contributed by atoms with Crippen LogP contribution in [-0.2, 0) is 0 Å². The van der Waals surface area contributed by atoms with Gasteiger partial charge in [-0.15, -0.1) is 0 Å². The number of nitrogens with zero attached hydrogens (tertiary/aromatic N) is 5. The maximum Gasteiger partial charge on any atom is 0.238 e. The first-order valence-corrected chi connectivity index (χ1v) is 25.2. The van der Waals surface area contributed by atoms with Crippen LogP contribution in [0.15, 0.2) is 261 Å². The van der Waals surface area contributed by atoms with E-state index in [4.69, 9.17) is 15.0 Å². The minimum atomic E-state index is 0.550. The summed E-state index contributed by atoms with van der Waals surface area (Å²) in [4.78, 5) is 16.6. The molecule has 0 fully saturated rings. The molecule has 15 aromatic rings. The second-order valence-electron chi connectivity index (χ2n) is 19.1. The lowest BCUT2D eigenvalue weighted by Crippen LogP contribution is -2.07. The van der Waals surface area contributed by atoms with Crippen molar-refractivity contribution in [3.8, 4) is 67.8 Å². The molecule has 0 unspecified atom stereocenters. The second-order valence-corrected chi connectivity index (χ2v) is 19.1. The number of fused-ring (bicyclic) bond motifs is 9.